The van der Waals surface area contributed by atoms with E-state index in [1.165, 1.54) is 6.07 Å². The van der Waals surface area contributed by atoms with Crippen LogP contribution in [0.5, 0.6) is 5.75 Å². The van der Waals surface area contributed by atoms with Gasteiger partial charge in [0.1, 0.15) is 17.9 Å². The smallest absolute Gasteiger partial charge is 0.336 e. The molecule has 2 heterocycles. The summed E-state index contributed by atoms with van der Waals surface area (Å²) >= 11 is 6.20. The van der Waals surface area contributed by atoms with Gasteiger partial charge in [-0.2, -0.15) is 0 Å². The van der Waals surface area contributed by atoms with Gasteiger partial charge in [-0.3, -0.25) is 4.98 Å². The van der Waals surface area contributed by atoms with Gasteiger partial charge < -0.3 is 9.15 Å². The van der Waals surface area contributed by atoms with Crippen LogP contribution in [-0.2, 0) is 6.61 Å². The lowest BCUT2D eigenvalue weighted by Crippen LogP contribution is -1.98. The maximum atomic E-state index is 11.3. The molecule has 2 aromatic carbocycles. The fraction of sp³-hybridized carbons (Fsp3) is 0.0526. The lowest BCUT2D eigenvalue weighted by atomic mass is 10.1. The standard InChI is InChI=1S/C19H12ClNO3/c20-16-7-4-13(19-15(16)2-1-9-21-19)11-23-14-6-3-12-5-8-18(22)24-17(12)10-14/h1-10H,11H2. The van der Waals surface area contributed by atoms with Crippen LogP contribution in [0.25, 0.3) is 21.9 Å². The maximum absolute atomic E-state index is 11.3. The van der Waals surface area contributed by atoms with E-state index in [1.54, 1.807) is 18.3 Å². The predicted molar refractivity (Wildman–Crippen MR) is 93.6 cm³/mol. The summed E-state index contributed by atoms with van der Waals surface area (Å²) in [4.78, 5) is 15.7. The van der Waals surface area contributed by atoms with Gasteiger partial charge in [0, 0.05) is 39.7 Å². The van der Waals surface area contributed by atoms with Gasteiger partial charge in [-0.1, -0.05) is 17.7 Å². The molecule has 4 aromatic rings. The van der Waals surface area contributed by atoms with Crippen molar-refractivity contribution in [1.82, 2.24) is 4.98 Å². The van der Waals surface area contributed by atoms with Crippen LogP contribution in [0.15, 0.2) is 70.0 Å². The molecule has 0 N–H and O–H groups in total. The summed E-state index contributed by atoms with van der Waals surface area (Å²) in [5, 5.41) is 2.40. The Morgan fingerprint density at radius 1 is 1.08 bits per heavy atom. The van der Waals surface area contributed by atoms with Crippen LogP contribution >= 0.6 is 11.6 Å². The van der Waals surface area contributed by atoms with Crippen LogP contribution in [0.3, 0.4) is 0 Å². The highest BCUT2D eigenvalue weighted by Crippen LogP contribution is 2.26. The van der Waals surface area contributed by atoms with E-state index in [-0.39, 0.29) is 5.63 Å². The third kappa shape index (κ3) is 2.72. The van der Waals surface area contributed by atoms with Gasteiger partial charge in [0.15, 0.2) is 0 Å². The van der Waals surface area contributed by atoms with Crippen molar-refractivity contribution in [2.24, 2.45) is 0 Å². The van der Waals surface area contributed by atoms with Crippen molar-refractivity contribution in [2.45, 2.75) is 6.61 Å². The highest BCUT2D eigenvalue weighted by molar-refractivity contribution is 6.35. The van der Waals surface area contributed by atoms with Gasteiger partial charge in [-0.25, -0.2) is 4.79 Å². The van der Waals surface area contributed by atoms with Crippen LogP contribution in [0.2, 0.25) is 5.02 Å². The van der Waals surface area contributed by atoms with Crippen molar-refractivity contribution in [2.75, 3.05) is 0 Å². The van der Waals surface area contributed by atoms with Gasteiger partial charge in [0.05, 0.1) is 5.52 Å². The first-order valence-corrected chi connectivity index (χ1v) is 7.77. The molecule has 0 amide bonds. The second-order valence-corrected chi connectivity index (χ2v) is 5.76. The number of aromatic nitrogens is 1. The van der Waals surface area contributed by atoms with Crippen molar-refractivity contribution in [3.05, 3.63) is 81.8 Å². The zero-order valence-electron chi connectivity index (χ0n) is 12.5. The number of nitrogens with zero attached hydrogens (tertiary/aromatic N) is 1. The molecule has 0 atom stereocenters. The zero-order valence-corrected chi connectivity index (χ0v) is 13.3. The Balaban J connectivity index is 1.66. The van der Waals surface area contributed by atoms with Gasteiger partial charge >= 0.3 is 5.63 Å². The minimum absolute atomic E-state index is 0.341. The largest absolute Gasteiger partial charge is 0.489 e. The van der Waals surface area contributed by atoms with Crippen LogP contribution in [0, 0.1) is 0 Å². The fourth-order valence-corrected chi connectivity index (χ4v) is 2.82. The summed E-state index contributed by atoms with van der Waals surface area (Å²) in [6, 6.07) is 16.0. The summed E-state index contributed by atoms with van der Waals surface area (Å²) < 4.78 is 11.0. The van der Waals surface area contributed by atoms with Gasteiger partial charge in [-0.05, 0) is 36.4 Å². The molecule has 0 aliphatic heterocycles. The number of benzene rings is 2. The van der Waals surface area contributed by atoms with Gasteiger partial charge in [0.2, 0.25) is 0 Å². The van der Waals surface area contributed by atoms with E-state index in [9.17, 15) is 4.79 Å². The van der Waals surface area contributed by atoms with Crippen molar-refractivity contribution in [3.63, 3.8) is 0 Å². The monoisotopic (exact) mass is 337 g/mol. The SMILES string of the molecule is O=c1ccc2ccc(OCc3ccc(Cl)c4cccnc34)cc2o1. The summed E-state index contributed by atoms with van der Waals surface area (Å²) in [7, 11) is 0. The van der Waals surface area contributed by atoms with Crippen molar-refractivity contribution in [1.29, 1.82) is 0 Å². The van der Waals surface area contributed by atoms with E-state index in [0.29, 0.717) is 23.0 Å². The molecule has 24 heavy (non-hydrogen) atoms. The molecule has 0 fully saturated rings. The number of pyridine rings is 1. The minimum atomic E-state index is -0.382. The molecule has 0 saturated carbocycles. The zero-order chi connectivity index (χ0) is 16.5. The Morgan fingerprint density at radius 3 is 2.88 bits per heavy atom. The molecule has 0 saturated heterocycles. The molecule has 0 spiro atoms. The lowest BCUT2D eigenvalue weighted by Gasteiger charge is -2.09. The normalized spacial score (nSPS) is 11.0. The third-order valence-electron chi connectivity index (χ3n) is 3.79. The molecule has 0 aliphatic carbocycles. The van der Waals surface area contributed by atoms with E-state index in [1.807, 2.05) is 36.4 Å². The summed E-state index contributed by atoms with van der Waals surface area (Å²) in [6.07, 6.45) is 1.73. The van der Waals surface area contributed by atoms with Crippen molar-refractivity contribution < 1.29 is 9.15 Å². The van der Waals surface area contributed by atoms with E-state index >= 15 is 0 Å². The number of rotatable bonds is 3. The Morgan fingerprint density at radius 2 is 1.96 bits per heavy atom. The molecule has 4 nitrogen and oxygen atoms in total. The lowest BCUT2D eigenvalue weighted by molar-refractivity contribution is 0.307. The summed E-state index contributed by atoms with van der Waals surface area (Å²) in [5.41, 5.74) is 1.87. The molecule has 2 aromatic heterocycles. The predicted octanol–water partition coefficient (Wildman–Crippen LogP) is 4.57. The molecule has 0 unspecified atom stereocenters. The average molecular weight is 338 g/mol. The molecular formula is C19H12ClNO3. The highest BCUT2D eigenvalue weighted by atomic mass is 35.5. The average Bonchev–Trinajstić information content (AvgIpc) is 2.61. The Bertz CT molecular complexity index is 1100. The fourth-order valence-electron chi connectivity index (χ4n) is 2.60. The number of hydrogen-bond acceptors (Lipinski definition) is 4. The summed E-state index contributed by atoms with van der Waals surface area (Å²) in [5.74, 6) is 0.621. The van der Waals surface area contributed by atoms with Gasteiger partial charge in [-0.15, -0.1) is 0 Å². The first-order chi connectivity index (χ1) is 11.7. The van der Waals surface area contributed by atoms with E-state index in [4.69, 9.17) is 20.8 Å². The van der Waals surface area contributed by atoms with Crippen LogP contribution in [0.4, 0.5) is 0 Å². The van der Waals surface area contributed by atoms with E-state index in [2.05, 4.69) is 4.98 Å². The Labute approximate surface area is 142 Å². The van der Waals surface area contributed by atoms with E-state index < -0.39 is 0 Å². The number of fused-ring (bicyclic) bond motifs is 2. The Hall–Kier alpha value is -2.85. The second-order valence-electron chi connectivity index (χ2n) is 5.35. The minimum Gasteiger partial charge on any atom is -0.489 e. The van der Waals surface area contributed by atoms with Gasteiger partial charge in [0.25, 0.3) is 0 Å². The van der Waals surface area contributed by atoms with Crippen LogP contribution < -0.4 is 10.4 Å². The first-order valence-electron chi connectivity index (χ1n) is 7.39. The maximum Gasteiger partial charge on any atom is 0.336 e. The second kappa shape index (κ2) is 5.98. The molecule has 4 rings (SSSR count). The van der Waals surface area contributed by atoms with Crippen molar-refractivity contribution >= 4 is 33.5 Å². The highest BCUT2D eigenvalue weighted by Gasteiger charge is 2.07. The molecule has 0 radical (unpaired) electrons. The quantitative estimate of drug-likeness (QED) is 0.514. The summed E-state index contributed by atoms with van der Waals surface area (Å²) in [6.45, 7) is 0.341. The third-order valence-corrected chi connectivity index (χ3v) is 4.12. The Kier molecular flexibility index (Phi) is 3.67. The number of hydrogen-bond donors (Lipinski definition) is 0. The first kappa shape index (κ1) is 14.7. The van der Waals surface area contributed by atoms with Crippen LogP contribution in [0.1, 0.15) is 5.56 Å². The topological polar surface area (TPSA) is 52.3 Å². The molecule has 0 aliphatic rings. The van der Waals surface area contributed by atoms with E-state index in [0.717, 1.165) is 21.9 Å². The molecular weight excluding hydrogens is 326 g/mol. The number of ether oxygens (including phenoxy) is 1. The van der Waals surface area contributed by atoms with Crippen molar-refractivity contribution in [3.8, 4) is 5.75 Å². The molecule has 118 valence electrons. The molecule has 5 heteroatoms. The number of halogens is 1. The molecule has 0 bridgehead atoms. The van der Waals surface area contributed by atoms with Crippen LogP contribution in [-0.4, -0.2) is 4.98 Å².